The van der Waals surface area contributed by atoms with Gasteiger partial charge in [0.05, 0.1) is 11.0 Å². The molecular weight excluding hydrogens is 333 g/mol. The Kier molecular flexibility index (Phi) is 4.49. The molecule has 0 bridgehead atoms. The maximum Gasteiger partial charge on any atom is 0.449 e. The van der Waals surface area contributed by atoms with E-state index in [1.165, 1.54) is 6.07 Å². The van der Waals surface area contributed by atoms with Gasteiger partial charge in [0.1, 0.15) is 0 Å². The van der Waals surface area contributed by atoms with Gasteiger partial charge in [0.2, 0.25) is 5.82 Å². The van der Waals surface area contributed by atoms with Crippen molar-refractivity contribution in [2.24, 2.45) is 0 Å². The van der Waals surface area contributed by atoms with E-state index < -0.39 is 18.0 Å². The van der Waals surface area contributed by atoms with E-state index in [1.807, 2.05) is 6.92 Å². The maximum atomic E-state index is 13.3. The summed E-state index contributed by atoms with van der Waals surface area (Å²) in [7, 11) is 0. The zero-order valence-corrected chi connectivity index (χ0v) is 14.4. The molecule has 1 unspecified atom stereocenters. The van der Waals surface area contributed by atoms with Crippen LogP contribution in [0, 0.1) is 0 Å². The first-order valence-electron chi connectivity index (χ1n) is 8.30. The van der Waals surface area contributed by atoms with Crippen molar-refractivity contribution < 1.29 is 18.0 Å². The first-order valence-corrected chi connectivity index (χ1v) is 8.30. The zero-order valence-electron chi connectivity index (χ0n) is 14.4. The van der Waals surface area contributed by atoms with E-state index in [0.29, 0.717) is 30.7 Å². The molecule has 1 aromatic carbocycles. The molecule has 136 valence electrons. The van der Waals surface area contributed by atoms with E-state index in [9.17, 15) is 18.0 Å². The summed E-state index contributed by atoms with van der Waals surface area (Å²) in [6, 6.07) is 4.39. The molecule has 1 saturated heterocycles. The number of nitrogens with one attached hydrogen (secondary N) is 1. The van der Waals surface area contributed by atoms with E-state index in [2.05, 4.69) is 10.3 Å². The van der Waals surface area contributed by atoms with Crippen LogP contribution in [0.2, 0.25) is 0 Å². The Balaban J connectivity index is 2.01. The minimum Gasteiger partial charge on any atom is -0.336 e. The second-order valence-corrected chi connectivity index (χ2v) is 6.71. The largest absolute Gasteiger partial charge is 0.449 e. The second kappa shape index (κ2) is 6.33. The van der Waals surface area contributed by atoms with Crippen molar-refractivity contribution in [2.45, 2.75) is 39.0 Å². The average Bonchev–Trinajstić information content (AvgIpc) is 2.93. The van der Waals surface area contributed by atoms with Crippen molar-refractivity contribution in [3.05, 3.63) is 29.6 Å². The maximum absolute atomic E-state index is 13.3. The molecule has 1 fully saturated rings. The number of halogens is 3. The van der Waals surface area contributed by atoms with Crippen LogP contribution in [0.5, 0.6) is 0 Å². The number of benzene rings is 1. The predicted molar refractivity (Wildman–Crippen MR) is 88.5 cm³/mol. The van der Waals surface area contributed by atoms with Crippen LogP contribution < -0.4 is 5.32 Å². The lowest BCUT2D eigenvalue weighted by atomic mass is 10.1. The second-order valence-electron chi connectivity index (χ2n) is 6.71. The molecule has 1 aliphatic rings. The molecular formula is C17H21F3N4O. The van der Waals surface area contributed by atoms with Crippen molar-refractivity contribution in [2.75, 3.05) is 19.6 Å². The van der Waals surface area contributed by atoms with Crippen LogP contribution in [-0.2, 0) is 6.18 Å². The van der Waals surface area contributed by atoms with Crippen LogP contribution in [0.4, 0.5) is 13.2 Å². The van der Waals surface area contributed by atoms with Crippen molar-refractivity contribution in [3.63, 3.8) is 0 Å². The number of alkyl halides is 3. The highest BCUT2D eigenvalue weighted by molar-refractivity contribution is 5.97. The van der Waals surface area contributed by atoms with Crippen molar-refractivity contribution >= 4 is 16.9 Å². The summed E-state index contributed by atoms with van der Waals surface area (Å²) >= 11 is 0. The predicted octanol–water partition coefficient (Wildman–Crippen LogP) is 3.07. The summed E-state index contributed by atoms with van der Waals surface area (Å²) in [4.78, 5) is 18.1. The van der Waals surface area contributed by atoms with Crippen molar-refractivity contribution in [1.29, 1.82) is 0 Å². The number of piperazine rings is 1. The van der Waals surface area contributed by atoms with Crippen molar-refractivity contribution in [3.8, 4) is 0 Å². The molecule has 1 aliphatic heterocycles. The number of fused-ring (bicyclic) bond motifs is 1. The number of rotatable bonds is 2. The monoisotopic (exact) mass is 354 g/mol. The van der Waals surface area contributed by atoms with E-state index in [4.69, 9.17) is 0 Å². The zero-order chi connectivity index (χ0) is 18.4. The normalized spacial score (nSPS) is 19.0. The van der Waals surface area contributed by atoms with Gasteiger partial charge in [-0.05, 0) is 39.0 Å². The molecule has 1 amide bonds. The summed E-state index contributed by atoms with van der Waals surface area (Å²) < 4.78 is 41.0. The first-order chi connectivity index (χ1) is 11.7. The third-order valence-corrected chi connectivity index (χ3v) is 4.36. The molecule has 0 radical (unpaired) electrons. The van der Waals surface area contributed by atoms with Gasteiger partial charge in [-0.3, -0.25) is 4.79 Å². The number of carbonyl (C=O) groups is 1. The fraction of sp³-hybridized carbons (Fsp3) is 0.529. The van der Waals surface area contributed by atoms with Gasteiger partial charge in [-0.2, -0.15) is 13.2 Å². The Hall–Kier alpha value is -2.09. The number of imidazole rings is 1. The van der Waals surface area contributed by atoms with Crippen LogP contribution in [0.15, 0.2) is 18.2 Å². The minimum atomic E-state index is -4.54. The van der Waals surface area contributed by atoms with Crippen LogP contribution in [-0.4, -0.2) is 46.0 Å². The van der Waals surface area contributed by atoms with Gasteiger partial charge < -0.3 is 14.8 Å². The van der Waals surface area contributed by atoms with Gasteiger partial charge in [-0.15, -0.1) is 0 Å². The fourth-order valence-electron chi connectivity index (χ4n) is 3.25. The topological polar surface area (TPSA) is 50.2 Å². The average molecular weight is 354 g/mol. The highest BCUT2D eigenvalue weighted by Crippen LogP contribution is 2.34. The Labute approximate surface area is 143 Å². The lowest BCUT2D eigenvalue weighted by molar-refractivity contribution is -0.147. The Bertz CT molecular complexity index is 797. The Morgan fingerprint density at radius 3 is 2.68 bits per heavy atom. The lowest BCUT2D eigenvalue weighted by Crippen LogP contribution is -2.51. The SMILES string of the molecule is CC1CN(C(=O)c2ccc3c(c2)nc(C(F)(F)F)n3C(C)C)CCN1. The Morgan fingerprint density at radius 2 is 2.08 bits per heavy atom. The van der Waals surface area contributed by atoms with Crippen molar-refractivity contribution in [1.82, 2.24) is 19.8 Å². The molecule has 1 atom stereocenters. The molecule has 5 nitrogen and oxygen atoms in total. The van der Waals surface area contributed by atoms with Crippen LogP contribution >= 0.6 is 0 Å². The van der Waals surface area contributed by atoms with E-state index in [-0.39, 0.29) is 17.5 Å². The van der Waals surface area contributed by atoms with Crippen LogP contribution in [0.3, 0.4) is 0 Å². The third kappa shape index (κ3) is 3.35. The molecule has 0 saturated carbocycles. The van der Waals surface area contributed by atoms with E-state index in [0.717, 1.165) is 4.57 Å². The van der Waals surface area contributed by atoms with Crippen LogP contribution in [0.25, 0.3) is 11.0 Å². The summed E-state index contributed by atoms with van der Waals surface area (Å²) in [5.74, 6) is -1.11. The molecule has 2 heterocycles. The number of amides is 1. The molecule has 3 rings (SSSR count). The molecule has 8 heteroatoms. The van der Waals surface area contributed by atoms with Gasteiger partial charge in [0.25, 0.3) is 5.91 Å². The van der Waals surface area contributed by atoms with Gasteiger partial charge >= 0.3 is 6.18 Å². The standard InChI is InChI=1S/C17H21F3N4O/c1-10(2)24-14-5-4-12(8-13(14)22-16(24)17(18,19)20)15(25)23-7-6-21-11(3)9-23/h4-5,8,10-11,21H,6-7,9H2,1-3H3. The van der Waals surface area contributed by atoms with Gasteiger partial charge in [0.15, 0.2) is 0 Å². The number of carbonyl (C=O) groups excluding carboxylic acids is 1. The highest BCUT2D eigenvalue weighted by Gasteiger charge is 2.38. The quantitative estimate of drug-likeness (QED) is 0.902. The van der Waals surface area contributed by atoms with Crippen LogP contribution in [0.1, 0.15) is 43.0 Å². The summed E-state index contributed by atoms with van der Waals surface area (Å²) in [5.41, 5.74) is 0.936. The molecule has 2 aromatic rings. The summed E-state index contributed by atoms with van der Waals surface area (Å²) in [5, 5.41) is 3.25. The van der Waals surface area contributed by atoms with Gasteiger partial charge in [-0.1, -0.05) is 0 Å². The van der Waals surface area contributed by atoms with E-state index >= 15 is 0 Å². The highest BCUT2D eigenvalue weighted by atomic mass is 19.4. The Morgan fingerprint density at radius 1 is 1.36 bits per heavy atom. The van der Waals surface area contributed by atoms with Gasteiger partial charge in [-0.25, -0.2) is 4.98 Å². The van der Waals surface area contributed by atoms with Gasteiger partial charge in [0, 0.05) is 37.3 Å². The van der Waals surface area contributed by atoms with E-state index in [1.54, 1.807) is 30.9 Å². The lowest BCUT2D eigenvalue weighted by Gasteiger charge is -2.32. The molecule has 25 heavy (non-hydrogen) atoms. The minimum absolute atomic E-state index is 0.178. The number of hydrogen-bond donors (Lipinski definition) is 1. The molecule has 1 N–H and O–H groups in total. The molecule has 0 spiro atoms. The third-order valence-electron chi connectivity index (χ3n) is 4.36. The number of nitrogens with zero attached hydrogens (tertiary/aromatic N) is 3. The fourth-order valence-corrected chi connectivity index (χ4v) is 3.25. The summed E-state index contributed by atoms with van der Waals surface area (Å²) in [6.45, 7) is 7.20. The summed E-state index contributed by atoms with van der Waals surface area (Å²) in [6.07, 6.45) is -4.54. The molecule has 0 aliphatic carbocycles. The number of hydrogen-bond acceptors (Lipinski definition) is 3. The first kappa shape index (κ1) is 17.7. The molecule has 1 aromatic heterocycles. The number of aromatic nitrogens is 2. The smallest absolute Gasteiger partial charge is 0.336 e.